The molecule has 3 heterocycles. The van der Waals surface area contributed by atoms with Crippen molar-refractivity contribution in [2.24, 2.45) is 0 Å². The second-order valence-electron chi connectivity index (χ2n) is 12.5. The average Bonchev–Trinajstić information content (AvgIpc) is 3.92. The van der Waals surface area contributed by atoms with E-state index in [1.165, 1.54) is 0 Å². The molecule has 0 saturated carbocycles. The Labute approximate surface area is 303 Å². The van der Waals surface area contributed by atoms with Crippen LogP contribution in [-0.4, -0.2) is 46.1 Å². The normalized spacial score (nSPS) is 11.5. The van der Waals surface area contributed by atoms with E-state index in [4.69, 9.17) is 19.9 Å². The molecule has 254 valence electrons. The molecule has 0 atom stereocenters. The summed E-state index contributed by atoms with van der Waals surface area (Å²) in [6, 6.07) is 49.9. The fourth-order valence-electron chi connectivity index (χ4n) is 7.02. The smallest absolute Gasteiger partial charge is 0.340 e. The second kappa shape index (κ2) is 13.4. The summed E-state index contributed by atoms with van der Waals surface area (Å²) in [6.45, 7) is 0.0921. The number of tetrazole rings is 1. The first-order valence-electron chi connectivity index (χ1n) is 17.1. The highest BCUT2D eigenvalue weighted by molar-refractivity contribution is 6.01. The van der Waals surface area contributed by atoms with Crippen molar-refractivity contribution >= 4 is 27.9 Å². The Bertz CT molecular complexity index is 2610. The van der Waals surface area contributed by atoms with E-state index in [9.17, 15) is 4.79 Å². The minimum Gasteiger partial charge on any atom is -0.457 e. The van der Waals surface area contributed by atoms with Gasteiger partial charge < -0.3 is 9.72 Å². The Hall–Kier alpha value is -7.33. The zero-order chi connectivity index (χ0) is 35.6. The maximum atomic E-state index is 12.9. The summed E-state index contributed by atoms with van der Waals surface area (Å²) in [6.07, 6.45) is 3.35. The number of nitrogens with one attached hydrogen (secondary N) is 1. The van der Waals surface area contributed by atoms with Gasteiger partial charge in [0.25, 0.3) is 0 Å². The van der Waals surface area contributed by atoms with Crippen molar-refractivity contribution in [3.63, 3.8) is 0 Å². The van der Waals surface area contributed by atoms with E-state index in [-0.39, 0.29) is 6.61 Å². The number of imidazole rings is 1. The van der Waals surface area contributed by atoms with Gasteiger partial charge in [-0.15, -0.1) is 5.10 Å². The number of hydrogen-bond donors (Lipinski definition) is 1. The third-order valence-electron chi connectivity index (χ3n) is 9.45. The molecule has 0 saturated heterocycles. The van der Waals surface area contributed by atoms with Crippen molar-refractivity contribution in [2.45, 2.75) is 12.1 Å². The minimum absolute atomic E-state index is 0.0921. The molecule has 9 aromatic rings. The van der Waals surface area contributed by atoms with Crippen molar-refractivity contribution in [1.82, 2.24) is 40.1 Å². The lowest BCUT2D eigenvalue weighted by molar-refractivity contribution is 0.0475. The van der Waals surface area contributed by atoms with Crippen LogP contribution in [0.15, 0.2) is 164 Å². The molecule has 0 amide bonds. The number of benzene rings is 6. The van der Waals surface area contributed by atoms with Gasteiger partial charge in [0, 0.05) is 22.7 Å². The minimum atomic E-state index is -0.912. The Kier molecular flexibility index (Phi) is 8.01. The fourth-order valence-corrected chi connectivity index (χ4v) is 7.02. The Morgan fingerprint density at radius 3 is 2.06 bits per heavy atom. The number of para-hydroxylation sites is 1. The average molecular weight is 691 g/mol. The van der Waals surface area contributed by atoms with Crippen LogP contribution in [0.3, 0.4) is 0 Å². The predicted molar refractivity (Wildman–Crippen MR) is 202 cm³/mol. The number of aromatic nitrogens is 8. The van der Waals surface area contributed by atoms with Crippen molar-refractivity contribution in [1.29, 1.82) is 0 Å². The van der Waals surface area contributed by atoms with Crippen LogP contribution in [-0.2, 0) is 16.9 Å². The van der Waals surface area contributed by atoms with E-state index >= 15 is 0 Å². The molecule has 0 radical (unpaired) electrons. The molecule has 0 spiro atoms. The molecule has 10 nitrogen and oxygen atoms in total. The molecule has 0 bridgehead atoms. The second-order valence-corrected chi connectivity index (χ2v) is 12.5. The van der Waals surface area contributed by atoms with Crippen LogP contribution in [0.1, 0.15) is 32.6 Å². The van der Waals surface area contributed by atoms with E-state index < -0.39 is 11.5 Å². The summed E-state index contributed by atoms with van der Waals surface area (Å²) in [5.74, 6) is 0.645. The number of aromatic amines is 1. The van der Waals surface area contributed by atoms with Gasteiger partial charge in [-0.25, -0.2) is 24.4 Å². The van der Waals surface area contributed by atoms with Crippen molar-refractivity contribution in [3.8, 4) is 22.8 Å². The summed E-state index contributed by atoms with van der Waals surface area (Å²) in [5.41, 5.74) is 6.98. The van der Waals surface area contributed by atoms with E-state index in [1.807, 2.05) is 108 Å². The van der Waals surface area contributed by atoms with Gasteiger partial charge in [-0.05, 0) is 56.9 Å². The highest BCUT2D eigenvalue weighted by atomic mass is 16.5. The van der Waals surface area contributed by atoms with Crippen LogP contribution in [0, 0.1) is 0 Å². The summed E-state index contributed by atoms with van der Waals surface area (Å²) in [7, 11) is 0. The molecular weight excluding hydrogens is 661 g/mol. The first-order valence-corrected chi connectivity index (χ1v) is 17.1. The molecule has 0 unspecified atom stereocenters. The lowest BCUT2D eigenvalue weighted by Gasteiger charge is -2.36. The third kappa shape index (κ3) is 5.59. The topological polar surface area (TPSA) is 124 Å². The van der Waals surface area contributed by atoms with Crippen LogP contribution in [0.5, 0.6) is 0 Å². The fraction of sp³-hybridized carbons (Fsp3) is 0.0465. The zero-order valence-corrected chi connectivity index (χ0v) is 28.2. The summed E-state index contributed by atoms with van der Waals surface area (Å²) >= 11 is 0. The van der Waals surface area contributed by atoms with Crippen molar-refractivity contribution < 1.29 is 9.53 Å². The maximum Gasteiger partial charge on any atom is 0.340 e. The van der Waals surface area contributed by atoms with Crippen LogP contribution < -0.4 is 0 Å². The quantitative estimate of drug-likeness (QED) is 0.119. The largest absolute Gasteiger partial charge is 0.457 e. The number of nitrogens with zero attached hydrogens (tertiary/aromatic N) is 7. The van der Waals surface area contributed by atoms with Crippen molar-refractivity contribution in [3.05, 3.63) is 192 Å². The number of esters is 1. The van der Waals surface area contributed by atoms with Crippen molar-refractivity contribution in [2.75, 3.05) is 0 Å². The Morgan fingerprint density at radius 1 is 0.698 bits per heavy atom. The molecule has 6 aromatic carbocycles. The maximum absolute atomic E-state index is 12.9. The molecule has 0 fully saturated rings. The number of fused-ring (bicyclic) bond motifs is 2. The summed E-state index contributed by atoms with van der Waals surface area (Å²) in [4.78, 5) is 30.0. The number of carbonyl (C=O) groups is 1. The van der Waals surface area contributed by atoms with Gasteiger partial charge in [0.2, 0.25) is 0 Å². The first kappa shape index (κ1) is 31.6. The van der Waals surface area contributed by atoms with E-state index in [2.05, 4.69) is 56.7 Å². The monoisotopic (exact) mass is 690 g/mol. The van der Waals surface area contributed by atoms with Gasteiger partial charge in [0.15, 0.2) is 11.6 Å². The Balaban J connectivity index is 1.09. The molecule has 10 heteroatoms. The number of carbonyl (C=O) groups excluding carboxylic acids is 1. The molecule has 0 aliphatic heterocycles. The standard InChI is InChI=1S/C43H30N8O2/c52-42(36-21-12-22-38-39(36)46-28-45-38)53-27-29-23-24-37-30(25-29)26-44-40(47-37)34-19-10-11-20-35(34)41-48-49-50-51(41)43(31-13-4-1-5-14-31,32-15-6-2-7-16-32)33-17-8-3-9-18-33/h1-26,28H,27H2,(H,45,46). The first-order chi connectivity index (χ1) is 26.2. The summed E-state index contributed by atoms with van der Waals surface area (Å²) < 4.78 is 7.58. The molecule has 1 N–H and O–H groups in total. The predicted octanol–water partition coefficient (Wildman–Crippen LogP) is 8.02. The number of rotatable bonds is 9. The molecule has 0 aliphatic rings. The van der Waals surface area contributed by atoms with Gasteiger partial charge in [-0.1, -0.05) is 127 Å². The molecule has 53 heavy (non-hydrogen) atoms. The van der Waals surface area contributed by atoms with Gasteiger partial charge >= 0.3 is 5.97 Å². The van der Waals surface area contributed by atoms with Gasteiger partial charge in [0.1, 0.15) is 17.7 Å². The highest BCUT2D eigenvalue weighted by Gasteiger charge is 2.42. The third-order valence-corrected chi connectivity index (χ3v) is 9.45. The van der Waals surface area contributed by atoms with E-state index in [0.29, 0.717) is 22.7 Å². The lowest BCUT2D eigenvalue weighted by Crippen LogP contribution is -2.39. The lowest BCUT2D eigenvalue weighted by atomic mass is 9.77. The molecule has 0 aliphatic carbocycles. The van der Waals surface area contributed by atoms with Gasteiger partial charge in [0.05, 0.1) is 22.9 Å². The van der Waals surface area contributed by atoms with Crippen LogP contribution in [0.4, 0.5) is 0 Å². The molecular formula is C43H30N8O2. The van der Waals surface area contributed by atoms with E-state index in [0.717, 1.165) is 49.8 Å². The van der Waals surface area contributed by atoms with E-state index in [1.54, 1.807) is 24.7 Å². The van der Waals surface area contributed by atoms with Gasteiger partial charge in [-0.3, -0.25) is 0 Å². The molecule has 9 rings (SSSR count). The number of H-pyrrole nitrogens is 1. The SMILES string of the molecule is O=C(OCc1ccc2nc(-c3ccccc3-c3nnnn3C(c3ccccc3)(c3ccccc3)c3ccccc3)ncc2c1)c1cccc2[nH]cnc12. The zero-order valence-electron chi connectivity index (χ0n) is 28.2. The van der Waals surface area contributed by atoms with Crippen LogP contribution in [0.2, 0.25) is 0 Å². The summed E-state index contributed by atoms with van der Waals surface area (Å²) in [5, 5.41) is 14.5. The Morgan fingerprint density at radius 2 is 1.36 bits per heavy atom. The number of ether oxygens (including phenoxy) is 1. The molecule has 3 aromatic heterocycles. The highest BCUT2D eigenvalue weighted by Crippen LogP contribution is 2.43. The van der Waals surface area contributed by atoms with Crippen LogP contribution in [0.25, 0.3) is 44.7 Å². The number of hydrogen-bond acceptors (Lipinski definition) is 8. The van der Waals surface area contributed by atoms with Crippen LogP contribution >= 0.6 is 0 Å². The van der Waals surface area contributed by atoms with Gasteiger partial charge in [-0.2, -0.15) is 0 Å².